The zero-order valence-electron chi connectivity index (χ0n) is 11.9. The zero-order valence-corrected chi connectivity index (χ0v) is 11.9. The number of para-hydroxylation sites is 2. The molecule has 0 spiro atoms. The Bertz CT molecular complexity index is 838. The highest BCUT2D eigenvalue weighted by molar-refractivity contribution is 6.22. The van der Waals surface area contributed by atoms with Crippen molar-refractivity contribution in [1.29, 1.82) is 0 Å². The molecule has 0 radical (unpaired) electrons. The minimum absolute atomic E-state index is 0.177. The lowest BCUT2D eigenvalue weighted by atomic mass is 10.1. The standard InChI is InChI=1S/C14H14N4O3/c1-14(2)12(20)18(13(21)16-14)10-11(19)17(3)9-7-5-4-6-8(9)15-10/h4-7H,1-3H3,(H,16,21). The third kappa shape index (κ3) is 1.81. The molecule has 7 heteroatoms. The van der Waals surface area contributed by atoms with Gasteiger partial charge >= 0.3 is 6.03 Å². The Balaban J connectivity index is 2.27. The van der Waals surface area contributed by atoms with Crippen LogP contribution < -0.4 is 15.8 Å². The van der Waals surface area contributed by atoms with Crippen LogP contribution in [0.2, 0.25) is 0 Å². The van der Waals surface area contributed by atoms with E-state index in [-0.39, 0.29) is 5.82 Å². The number of nitrogens with zero attached hydrogens (tertiary/aromatic N) is 3. The molecule has 1 N–H and O–H groups in total. The summed E-state index contributed by atoms with van der Waals surface area (Å²) in [6.07, 6.45) is 0. The molecule has 0 bridgehead atoms. The lowest BCUT2D eigenvalue weighted by Gasteiger charge is -2.16. The minimum atomic E-state index is -1.05. The van der Waals surface area contributed by atoms with E-state index in [9.17, 15) is 14.4 Å². The second-order valence-corrected chi connectivity index (χ2v) is 5.48. The first-order chi connectivity index (χ1) is 9.83. The molecule has 1 aliphatic heterocycles. The molecule has 7 nitrogen and oxygen atoms in total. The summed E-state index contributed by atoms with van der Waals surface area (Å²) in [4.78, 5) is 41.7. The fourth-order valence-corrected chi connectivity index (χ4v) is 2.35. The topological polar surface area (TPSA) is 84.3 Å². The van der Waals surface area contributed by atoms with Crippen LogP contribution in [0.1, 0.15) is 13.8 Å². The van der Waals surface area contributed by atoms with Crippen LogP contribution in [0, 0.1) is 0 Å². The summed E-state index contributed by atoms with van der Waals surface area (Å²) in [6.45, 7) is 3.16. The van der Waals surface area contributed by atoms with Crippen LogP contribution in [0.3, 0.4) is 0 Å². The molecule has 3 amide bonds. The molecule has 2 aromatic rings. The average Bonchev–Trinajstić information content (AvgIpc) is 2.63. The van der Waals surface area contributed by atoms with Gasteiger partial charge in [-0.15, -0.1) is 0 Å². The summed E-state index contributed by atoms with van der Waals surface area (Å²) < 4.78 is 1.38. The van der Waals surface area contributed by atoms with Gasteiger partial charge in [-0.25, -0.2) is 14.7 Å². The van der Waals surface area contributed by atoms with Crippen molar-refractivity contribution in [3.63, 3.8) is 0 Å². The van der Waals surface area contributed by atoms with Crippen LogP contribution in [-0.4, -0.2) is 27.0 Å². The van der Waals surface area contributed by atoms with Crippen LogP contribution in [-0.2, 0) is 11.8 Å². The van der Waals surface area contributed by atoms with Gasteiger partial charge < -0.3 is 9.88 Å². The van der Waals surface area contributed by atoms with E-state index in [1.165, 1.54) is 4.57 Å². The number of carbonyl (C=O) groups excluding carboxylic acids is 2. The van der Waals surface area contributed by atoms with Crippen molar-refractivity contribution in [2.45, 2.75) is 19.4 Å². The first kappa shape index (κ1) is 13.3. The number of benzene rings is 1. The van der Waals surface area contributed by atoms with E-state index >= 15 is 0 Å². The smallest absolute Gasteiger partial charge is 0.323 e. The number of carbonyl (C=O) groups is 2. The number of imide groups is 1. The molecule has 108 valence electrons. The van der Waals surface area contributed by atoms with Gasteiger partial charge in [0.05, 0.1) is 11.0 Å². The number of anilines is 1. The van der Waals surface area contributed by atoms with Crippen LogP contribution in [0.15, 0.2) is 29.1 Å². The lowest BCUT2D eigenvalue weighted by molar-refractivity contribution is -0.121. The van der Waals surface area contributed by atoms with Gasteiger partial charge in [-0.3, -0.25) is 9.59 Å². The van der Waals surface area contributed by atoms with Crippen molar-refractivity contribution in [2.24, 2.45) is 7.05 Å². The fraction of sp³-hybridized carbons (Fsp3) is 0.286. The molecule has 0 saturated carbocycles. The Morgan fingerprint density at radius 1 is 1.14 bits per heavy atom. The molecule has 2 heterocycles. The molecule has 1 fully saturated rings. The molecule has 1 aromatic heterocycles. The summed E-state index contributed by atoms with van der Waals surface area (Å²) >= 11 is 0. The van der Waals surface area contributed by atoms with E-state index in [0.29, 0.717) is 11.0 Å². The molecule has 0 unspecified atom stereocenters. The summed E-state index contributed by atoms with van der Waals surface area (Å²) in [7, 11) is 1.58. The summed E-state index contributed by atoms with van der Waals surface area (Å²) in [6, 6.07) is 6.41. The van der Waals surface area contributed by atoms with Gasteiger partial charge in [-0.1, -0.05) is 12.1 Å². The minimum Gasteiger partial charge on any atom is -0.323 e. The number of urea groups is 1. The molecule has 0 atom stereocenters. The highest BCUT2D eigenvalue weighted by atomic mass is 16.2. The van der Waals surface area contributed by atoms with E-state index < -0.39 is 23.0 Å². The molecular weight excluding hydrogens is 272 g/mol. The van der Waals surface area contributed by atoms with Crippen molar-refractivity contribution < 1.29 is 9.59 Å². The molecule has 21 heavy (non-hydrogen) atoms. The monoisotopic (exact) mass is 286 g/mol. The maximum Gasteiger partial charge on any atom is 0.331 e. The summed E-state index contributed by atoms with van der Waals surface area (Å²) in [5, 5.41) is 2.54. The maximum atomic E-state index is 12.4. The molecule has 1 saturated heterocycles. The predicted octanol–water partition coefficient (Wildman–Crippen LogP) is 0.768. The lowest BCUT2D eigenvalue weighted by Crippen LogP contribution is -2.41. The number of amides is 3. The SMILES string of the molecule is Cn1c(=O)c(N2C(=O)NC(C)(C)C2=O)nc2ccccc21. The van der Waals surface area contributed by atoms with E-state index in [1.807, 2.05) is 0 Å². The molecule has 1 aliphatic rings. The Kier molecular flexibility index (Phi) is 2.62. The van der Waals surface area contributed by atoms with Crippen LogP contribution in [0.4, 0.5) is 10.6 Å². The Morgan fingerprint density at radius 2 is 1.81 bits per heavy atom. The number of rotatable bonds is 1. The Morgan fingerprint density at radius 3 is 2.43 bits per heavy atom. The van der Waals surface area contributed by atoms with Crippen molar-refractivity contribution in [3.8, 4) is 0 Å². The van der Waals surface area contributed by atoms with Gasteiger partial charge in [0.2, 0.25) is 5.82 Å². The van der Waals surface area contributed by atoms with E-state index in [1.54, 1.807) is 45.2 Å². The van der Waals surface area contributed by atoms with Gasteiger partial charge in [-0.2, -0.15) is 0 Å². The second-order valence-electron chi connectivity index (χ2n) is 5.48. The number of hydrogen-bond donors (Lipinski definition) is 1. The van der Waals surface area contributed by atoms with Crippen LogP contribution >= 0.6 is 0 Å². The number of hydrogen-bond acceptors (Lipinski definition) is 4. The average molecular weight is 286 g/mol. The first-order valence-electron chi connectivity index (χ1n) is 6.45. The van der Waals surface area contributed by atoms with Gasteiger partial charge in [-0.05, 0) is 26.0 Å². The number of aryl methyl sites for hydroxylation is 1. The number of nitrogens with one attached hydrogen (secondary N) is 1. The first-order valence-corrected chi connectivity index (χ1v) is 6.45. The van der Waals surface area contributed by atoms with Crippen molar-refractivity contribution in [1.82, 2.24) is 14.9 Å². The Labute approximate surface area is 120 Å². The van der Waals surface area contributed by atoms with Gasteiger partial charge in [0.15, 0.2) is 0 Å². The molecular formula is C14H14N4O3. The zero-order chi connectivity index (χ0) is 15.4. The highest BCUT2D eigenvalue weighted by Crippen LogP contribution is 2.22. The predicted molar refractivity (Wildman–Crippen MR) is 77.1 cm³/mol. The third-order valence-electron chi connectivity index (χ3n) is 3.54. The maximum absolute atomic E-state index is 12.4. The summed E-state index contributed by atoms with van der Waals surface area (Å²) in [5.41, 5.74) is -0.359. The van der Waals surface area contributed by atoms with Crippen molar-refractivity contribution in [2.75, 3.05) is 4.90 Å². The van der Waals surface area contributed by atoms with E-state index in [2.05, 4.69) is 10.3 Å². The van der Waals surface area contributed by atoms with Crippen molar-refractivity contribution in [3.05, 3.63) is 34.6 Å². The van der Waals surface area contributed by atoms with Gasteiger partial charge in [0.25, 0.3) is 11.5 Å². The molecule has 3 rings (SSSR count). The van der Waals surface area contributed by atoms with Gasteiger partial charge in [0.1, 0.15) is 5.54 Å². The number of fused-ring (bicyclic) bond motifs is 1. The molecule has 0 aliphatic carbocycles. The van der Waals surface area contributed by atoms with E-state index in [0.717, 1.165) is 4.90 Å². The highest BCUT2D eigenvalue weighted by Gasteiger charge is 2.46. The Hall–Kier alpha value is -2.70. The fourth-order valence-electron chi connectivity index (χ4n) is 2.35. The quantitative estimate of drug-likeness (QED) is 0.785. The normalized spacial score (nSPS) is 17.4. The second kappa shape index (κ2) is 4.15. The van der Waals surface area contributed by atoms with E-state index in [4.69, 9.17) is 0 Å². The van der Waals surface area contributed by atoms with Crippen LogP contribution in [0.25, 0.3) is 11.0 Å². The van der Waals surface area contributed by atoms with Crippen LogP contribution in [0.5, 0.6) is 0 Å². The molecule has 1 aromatic carbocycles. The largest absolute Gasteiger partial charge is 0.331 e. The van der Waals surface area contributed by atoms with Gasteiger partial charge in [0, 0.05) is 7.05 Å². The number of aromatic nitrogens is 2. The summed E-state index contributed by atoms with van der Waals surface area (Å²) in [5.74, 6) is -0.670. The third-order valence-corrected chi connectivity index (χ3v) is 3.54. The van der Waals surface area contributed by atoms with Crippen molar-refractivity contribution >= 4 is 28.8 Å².